The summed E-state index contributed by atoms with van der Waals surface area (Å²) >= 11 is 0. The van der Waals surface area contributed by atoms with Crippen molar-refractivity contribution in [2.45, 2.75) is 39.3 Å². The van der Waals surface area contributed by atoms with Crippen molar-refractivity contribution in [1.29, 1.82) is 0 Å². The quantitative estimate of drug-likeness (QED) is 0.402. The molecule has 8 heteroatoms. The lowest BCUT2D eigenvalue weighted by atomic mass is 9.92. The first-order valence-corrected chi connectivity index (χ1v) is 11.6. The van der Waals surface area contributed by atoms with Gasteiger partial charge in [0.25, 0.3) is 5.91 Å². The van der Waals surface area contributed by atoms with Gasteiger partial charge in [0, 0.05) is 30.0 Å². The molecule has 2 aliphatic rings. The van der Waals surface area contributed by atoms with E-state index in [4.69, 9.17) is 0 Å². The third kappa shape index (κ3) is 4.17. The van der Waals surface area contributed by atoms with Gasteiger partial charge in [-0.25, -0.2) is 4.98 Å². The van der Waals surface area contributed by atoms with Gasteiger partial charge in [0.1, 0.15) is 5.82 Å². The zero-order chi connectivity index (χ0) is 24.9. The number of rotatable bonds is 4. The number of fused-ring (bicyclic) bond motifs is 3. The molecule has 35 heavy (non-hydrogen) atoms. The van der Waals surface area contributed by atoms with Gasteiger partial charge in [-0.1, -0.05) is 32.4 Å². The number of aromatic nitrogens is 1. The summed E-state index contributed by atoms with van der Waals surface area (Å²) in [5.74, 6) is 0.0702. The molecular weight excluding hydrogens is 455 g/mol. The second-order valence-electron chi connectivity index (χ2n) is 9.13. The molecule has 1 unspecified atom stereocenters. The fourth-order valence-corrected chi connectivity index (χ4v) is 4.60. The second kappa shape index (κ2) is 8.52. The monoisotopic (exact) mass is 479 g/mol. The summed E-state index contributed by atoms with van der Waals surface area (Å²) in [4.78, 5) is 33.8. The van der Waals surface area contributed by atoms with E-state index in [0.29, 0.717) is 29.1 Å². The van der Waals surface area contributed by atoms with Crippen LogP contribution < -0.4 is 9.80 Å². The number of carbonyl (C=O) groups excluding carboxylic acids is 2. The van der Waals surface area contributed by atoms with Crippen LogP contribution in [0.25, 0.3) is 16.5 Å². The van der Waals surface area contributed by atoms with Crippen LogP contribution in [0.3, 0.4) is 0 Å². The van der Waals surface area contributed by atoms with Gasteiger partial charge in [-0.2, -0.15) is 13.2 Å². The Kier molecular flexibility index (Phi) is 5.62. The molecule has 0 saturated carbocycles. The van der Waals surface area contributed by atoms with E-state index in [1.807, 2.05) is 38.1 Å². The lowest BCUT2D eigenvalue weighted by molar-refractivity contribution is -0.137. The highest BCUT2D eigenvalue weighted by molar-refractivity contribution is 6.13. The number of halogens is 3. The van der Waals surface area contributed by atoms with Crippen LogP contribution in [0.1, 0.15) is 44.2 Å². The average Bonchev–Trinajstić information content (AvgIpc) is 2.82. The maximum atomic E-state index is 13.5. The number of hydrogen-bond donors (Lipinski definition) is 0. The molecule has 0 radical (unpaired) electrons. The van der Waals surface area contributed by atoms with E-state index in [0.717, 1.165) is 29.5 Å². The molecule has 0 saturated heterocycles. The van der Waals surface area contributed by atoms with Gasteiger partial charge >= 0.3 is 6.18 Å². The van der Waals surface area contributed by atoms with Crippen LogP contribution in [0.5, 0.6) is 0 Å². The molecule has 5 rings (SSSR count). The Morgan fingerprint density at radius 2 is 1.89 bits per heavy atom. The zero-order valence-electron chi connectivity index (χ0n) is 19.4. The minimum absolute atomic E-state index is 0.120. The summed E-state index contributed by atoms with van der Waals surface area (Å²) in [6, 6.07) is 12.6. The van der Waals surface area contributed by atoms with E-state index in [1.165, 1.54) is 21.9 Å². The maximum absolute atomic E-state index is 13.5. The highest BCUT2D eigenvalue weighted by Crippen LogP contribution is 2.41. The molecule has 2 aromatic carbocycles. The van der Waals surface area contributed by atoms with E-state index >= 15 is 0 Å². The molecule has 0 aliphatic carbocycles. The van der Waals surface area contributed by atoms with Gasteiger partial charge in [0.2, 0.25) is 5.91 Å². The third-order valence-electron chi connectivity index (χ3n) is 6.75. The molecular formula is C27H24F3N3O2. The molecule has 0 spiro atoms. The minimum atomic E-state index is -4.54. The standard InChI is InChI=1S/C27H24F3N3O2/c1-3-16(2)12-25(34)32-11-10-18(21-8-6-19(14-23(21)32)27(28,29)30)13-26(35)33-20-7-4-17-5-9-24(33)31-22(17)15-20/h4-9,13-16H,3,10-12H2,1-2H3/b18-13+. The Morgan fingerprint density at radius 3 is 2.63 bits per heavy atom. The molecule has 2 aliphatic heterocycles. The number of hydrogen-bond acceptors (Lipinski definition) is 3. The highest BCUT2D eigenvalue weighted by atomic mass is 19.4. The summed E-state index contributed by atoms with van der Waals surface area (Å²) < 4.78 is 40.5. The SMILES string of the molecule is CCC(C)CC(=O)N1CC/C(=C\C(=O)N2c3ccc4ccc2nc4c3)c2ccc(C(F)(F)F)cc21. The maximum Gasteiger partial charge on any atom is 0.416 e. The Morgan fingerprint density at radius 1 is 1.11 bits per heavy atom. The van der Waals surface area contributed by atoms with Crippen LogP contribution >= 0.6 is 0 Å². The first kappa shape index (κ1) is 23.1. The predicted octanol–water partition coefficient (Wildman–Crippen LogP) is 6.49. The van der Waals surface area contributed by atoms with E-state index in [2.05, 4.69) is 4.98 Å². The summed E-state index contributed by atoms with van der Waals surface area (Å²) in [5.41, 5.74) is 1.91. The first-order chi connectivity index (χ1) is 16.7. The van der Waals surface area contributed by atoms with Gasteiger partial charge in [-0.3, -0.25) is 14.5 Å². The van der Waals surface area contributed by atoms with Crippen LogP contribution in [0, 0.1) is 5.92 Å². The van der Waals surface area contributed by atoms with E-state index in [1.54, 1.807) is 6.07 Å². The van der Waals surface area contributed by atoms with Crippen molar-refractivity contribution in [2.24, 2.45) is 5.92 Å². The molecule has 1 atom stereocenters. The van der Waals surface area contributed by atoms with Gasteiger partial charge in [-0.05, 0) is 54.3 Å². The van der Waals surface area contributed by atoms with Crippen LogP contribution in [0.4, 0.5) is 30.4 Å². The Balaban J connectivity index is 1.52. The third-order valence-corrected chi connectivity index (χ3v) is 6.75. The van der Waals surface area contributed by atoms with Crippen molar-refractivity contribution in [3.63, 3.8) is 0 Å². The number of pyridine rings is 1. The van der Waals surface area contributed by atoms with E-state index in [9.17, 15) is 22.8 Å². The normalized spacial score (nSPS) is 16.8. The number of amides is 2. The summed E-state index contributed by atoms with van der Waals surface area (Å²) in [5, 5.41) is 0.979. The van der Waals surface area contributed by atoms with Crippen LogP contribution in [0.2, 0.25) is 0 Å². The Labute approximate surface area is 200 Å². The topological polar surface area (TPSA) is 53.5 Å². The lowest BCUT2D eigenvalue weighted by Gasteiger charge is -2.33. The van der Waals surface area contributed by atoms with Crippen molar-refractivity contribution in [1.82, 2.24) is 4.98 Å². The minimum Gasteiger partial charge on any atom is -0.311 e. The van der Waals surface area contributed by atoms with Crippen LogP contribution in [-0.2, 0) is 15.8 Å². The van der Waals surface area contributed by atoms with Gasteiger partial charge < -0.3 is 4.90 Å². The largest absolute Gasteiger partial charge is 0.416 e. The molecule has 3 bridgehead atoms. The molecule has 0 N–H and O–H groups in total. The summed E-state index contributed by atoms with van der Waals surface area (Å²) in [7, 11) is 0. The zero-order valence-corrected chi connectivity index (χ0v) is 19.4. The van der Waals surface area contributed by atoms with Crippen LogP contribution in [-0.4, -0.2) is 23.3 Å². The molecule has 3 aromatic rings. The molecule has 5 nitrogen and oxygen atoms in total. The van der Waals surface area contributed by atoms with E-state index < -0.39 is 11.7 Å². The van der Waals surface area contributed by atoms with Crippen LogP contribution in [0.15, 0.2) is 54.6 Å². The van der Waals surface area contributed by atoms with Crippen molar-refractivity contribution in [3.8, 4) is 0 Å². The molecule has 0 fully saturated rings. The smallest absolute Gasteiger partial charge is 0.311 e. The van der Waals surface area contributed by atoms with Gasteiger partial charge in [0.05, 0.1) is 22.5 Å². The molecule has 1 aromatic heterocycles. The fraction of sp³-hybridized carbons (Fsp3) is 0.296. The number of alkyl halides is 3. The lowest BCUT2D eigenvalue weighted by Crippen LogP contribution is -2.36. The van der Waals surface area contributed by atoms with E-state index in [-0.39, 0.29) is 36.4 Å². The van der Waals surface area contributed by atoms with Crippen molar-refractivity contribution < 1.29 is 22.8 Å². The summed E-state index contributed by atoms with van der Waals surface area (Å²) in [6.07, 6.45) is -1.68. The Bertz CT molecular complexity index is 1340. The van der Waals surface area contributed by atoms with Gasteiger partial charge in [-0.15, -0.1) is 0 Å². The number of anilines is 3. The van der Waals surface area contributed by atoms with Crippen molar-refractivity contribution in [2.75, 3.05) is 16.3 Å². The first-order valence-electron chi connectivity index (χ1n) is 11.6. The summed E-state index contributed by atoms with van der Waals surface area (Å²) in [6.45, 7) is 4.12. The van der Waals surface area contributed by atoms with Crippen molar-refractivity contribution in [3.05, 3.63) is 65.7 Å². The predicted molar refractivity (Wildman–Crippen MR) is 129 cm³/mol. The molecule has 3 heterocycles. The highest BCUT2D eigenvalue weighted by Gasteiger charge is 2.34. The number of benzene rings is 2. The number of carbonyl (C=O) groups is 2. The Hall–Kier alpha value is -3.68. The second-order valence-corrected chi connectivity index (χ2v) is 9.13. The van der Waals surface area contributed by atoms with Crippen molar-refractivity contribution >= 4 is 45.5 Å². The molecule has 180 valence electrons. The fourth-order valence-electron chi connectivity index (χ4n) is 4.60. The average molecular weight is 480 g/mol. The number of nitrogens with zero attached hydrogens (tertiary/aromatic N) is 3. The van der Waals surface area contributed by atoms with Gasteiger partial charge in [0.15, 0.2) is 0 Å². The molecule has 2 amide bonds.